The molecule has 0 atom stereocenters. The van der Waals surface area contributed by atoms with Crippen molar-refractivity contribution < 1.29 is 9.50 Å². The van der Waals surface area contributed by atoms with Gasteiger partial charge in [-0.3, -0.25) is 0 Å². The summed E-state index contributed by atoms with van der Waals surface area (Å²) < 4.78 is 13.0. The lowest BCUT2D eigenvalue weighted by molar-refractivity contribution is 0.163. The minimum absolute atomic E-state index is 0.110. The SMILES string of the molecule is Cc1cc(F)ccc1CNC1(CO)CCCC1. The molecule has 2 N–H and O–H groups in total. The summed E-state index contributed by atoms with van der Waals surface area (Å²) in [5.74, 6) is -0.191. The Morgan fingerprint density at radius 3 is 2.65 bits per heavy atom. The Morgan fingerprint density at radius 2 is 2.06 bits per heavy atom. The molecule has 2 nitrogen and oxygen atoms in total. The first kappa shape index (κ1) is 12.5. The zero-order valence-electron chi connectivity index (χ0n) is 10.3. The smallest absolute Gasteiger partial charge is 0.123 e. The highest BCUT2D eigenvalue weighted by Gasteiger charge is 2.32. The fourth-order valence-corrected chi connectivity index (χ4v) is 2.58. The van der Waals surface area contributed by atoms with E-state index in [9.17, 15) is 9.50 Å². The van der Waals surface area contributed by atoms with Gasteiger partial charge in [-0.2, -0.15) is 0 Å². The highest BCUT2D eigenvalue weighted by Crippen LogP contribution is 2.29. The molecule has 1 saturated carbocycles. The van der Waals surface area contributed by atoms with Crippen LogP contribution in [0.5, 0.6) is 0 Å². The molecule has 0 heterocycles. The van der Waals surface area contributed by atoms with E-state index in [1.807, 2.05) is 13.0 Å². The third-order valence-electron chi connectivity index (χ3n) is 3.82. The Morgan fingerprint density at radius 1 is 1.35 bits per heavy atom. The monoisotopic (exact) mass is 237 g/mol. The van der Waals surface area contributed by atoms with Crippen molar-refractivity contribution in [3.8, 4) is 0 Å². The third kappa shape index (κ3) is 2.85. The summed E-state index contributed by atoms with van der Waals surface area (Å²) in [4.78, 5) is 0. The molecule has 3 heteroatoms. The maximum absolute atomic E-state index is 13.0. The maximum Gasteiger partial charge on any atom is 0.123 e. The summed E-state index contributed by atoms with van der Waals surface area (Å²) in [6, 6.07) is 4.86. The van der Waals surface area contributed by atoms with Crippen molar-refractivity contribution in [1.29, 1.82) is 0 Å². The third-order valence-corrected chi connectivity index (χ3v) is 3.82. The van der Waals surface area contributed by atoms with Gasteiger partial charge in [-0.05, 0) is 43.0 Å². The lowest BCUT2D eigenvalue weighted by atomic mass is 9.98. The van der Waals surface area contributed by atoms with E-state index in [0.29, 0.717) is 6.54 Å². The summed E-state index contributed by atoms with van der Waals surface area (Å²) >= 11 is 0. The molecule has 0 bridgehead atoms. The zero-order chi connectivity index (χ0) is 12.3. The van der Waals surface area contributed by atoms with Crippen molar-refractivity contribution in [1.82, 2.24) is 5.32 Å². The van der Waals surface area contributed by atoms with Gasteiger partial charge in [-0.15, -0.1) is 0 Å². The number of aliphatic hydroxyl groups excluding tert-OH is 1. The molecule has 0 aliphatic heterocycles. The van der Waals surface area contributed by atoms with Crippen LogP contribution in [-0.4, -0.2) is 17.3 Å². The largest absolute Gasteiger partial charge is 0.394 e. The molecule has 0 saturated heterocycles. The van der Waals surface area contributed by atoms with Crippen LogP contribution in [-0.2, 0) is 6.54 Å². The molecule has 17 heavy (non-hydrogen) atoms. The van der Waals surface area contributed by atoms with E-state index in [-0.39, 0.29) is 18.0 Å². The van der Waals surface area contributed by atoms with Crippen LogP contribution in [0.1, 0.15) is 36.8 Å². The van der Waals surface area contributed by atoms with Crippen LogP contribution in [0.2, 0.25) is 0 Å². The number of rotatable bonds is 4. The topological polar surface area (TPSA) is 32.3 Å². The molecule has 1 aromatic rings. The number of hydrogen-bond donors (Lipinski definition) is 2. The van der Waals surface area contributed by atoms with Crippen LogP contribution in [0, 0.1) is 12.7 Å². The quantitative estimate of drug-likeness (QED) is 0.843. The fourth-order valence-electron chi connectivity index (χ4n) is 2.58. The Kier molecular flexibility index (Phi) is 3.79. The number of aryl methyl sites for hydroxylation is 1. The fraction of sp³-hybridized carbons (Fsp3) is 0.571. The van der Waals surface area contributed by atoms with Gasteiger partial charge in [-0.1, -0.05) is 18.9 Å². The van der Waals surface area contributed by atoms with Gasteiger partial charge in [-0.25, -0.2) is 4.39 Å². The molecule has 1 fully saturated rings. The predicted octanol–water partition coefficient (Wildman–Crippen LogP) is 2.53. The molecule has 0 aromatic heterocycles. The van der Waals surface area contributed by atoms with Gasteiger partial charge in [0, 0.05) is 12.1 Å². The minimum atomic E-state index is -0.191. The van der Waals surface area contributed by atoms with Crippen molar-refractivity contribution in [2.24, 2.45) is 0 Å². The second kappa shape index (κ2) is 5.15. The summed E-state index contributed by atoms with van der Waals surface area (Å²) in [5, 5.41) is 12.9. The second-order valence-electron chi connectivity index (χ2n) is 5.07. The van der Waals surface area contributed by atoms with Crippen LogP contribution in [0.25, 0.3) is 0 Å². The number of hydrogen-bond acceptors (Lipinski definition) is 2. The highest BCUT2D eigenvalue weighted by atomic mass is 19.1. The molecule has 0 unspecified atom stereocenters. The van der Waals surface area contributed by atoms with E-state index >= 15 is 0 Å². The van der Waals surface area contributed by atoms with E-state index in [1.54, 1.807) is 6.07 Å². The summed E-state index contributed by atoms with van der Waals surface area (Å²) in [6.07, 6.45) is 4.42. The van der Waals surface area contributed by atoms with Gasteiger partial charge in [0.1, 0.15) is 5.82 Å². The Balaban J connectivity index is 2.01. The first-order valence-electron chi connectivity index (χ1n) is 6.26. The van der Waals surface area contributed by atoms with Crippen molar-refractivity contribution in [3.63, 3.8) is 0 Å². The first-order valence-corrected chi connectivity index (χ1v) is 6.26. The van der Waals surface area contributed by atoms with Crippen molar-refractivity contribution in [2.45, 2.75) is 44.7 Å². The predicted molar refractivity (Wildman–Crippen MR) is 66.3 cm³/mol. The van der Waals surface area contributed by atoms with Crippen LogP contribution in [0.4, 0.5) is 4.39 Å². The first-order chi connectivity index (χ1) is 8.15. The summed E-state index contributed by atoms with van der Waals surface area (Å²) in [5.41, 5.74) is 1.95. The lowest BCUT2D eigenvalue weighted by Gasteiger charge is -2.28. The Labute approximate surface area is 102 Å². The molecule has 1 aliphatic rings. The Hall–Kier alpha value is -0.930. The van der Waals surface area contributed by atoms with E-state index in [4.69, 9.17) is 0 Å². The summed E-state index contributed by atoms with van der Waals surface area (Å²) in [7, 11) is 0. The minimum Gasteiger partial charge on any atom is -0.394 e. The molecule has 94 valence electrons. The van der Waals surface area contributed by atoms with Gasteiger partial charge in [0.25, 0.3) is 0 Å². The van der Waals surface area contributed by atoms with Crippen molar-refractivity contribution in [3.05, 3.63) is 35.1 Å². The van der Waals surface area contributed by atoms with Gasteiger partial charge in [0.15, 0.2) is 0 Å². The van der Waals surface area contributed by atoms with Gasteiger partial charge >= 0.3 is 0 Å². The van der Waals surface area contributed by atoms with Crippen LogP contribution < -0.4 is 5.32 Å². The Bertz CT molecular complexity index is 386. The number of halogens is 1. The zero-order valence-corrected chi connectivity index (χ0v) is 10.3. The standard InChI is InChI=1S/C14H20FNO/c1-11-8-13(15)5-4-12(11)9-16-14(10-17)6-2-3-7-14/h4-5,8,16-17H,2-3,6-7,9-10H2,1H3. The van der Waals surface area contributed by atoms with Crippen LogP contribution in [0.15, 0.2) is 18.2 Å². The normalized spacial score (nSPS) is 18.5. The number of benzene rings is 1. The van der Waals surface area contributed by atoms with Gasteiger partial charge in [0.05, 0.1) is 6.61 Å². The molecule has 0 radical (unpaired) electrons. The van der Waals surface area contributed by atoms with E-state index in [0.717, 1.165) is 24.0 Å². The van der Waals surface area contributed by atoms with Gasteiger partial charge < -0.3 is 10.4 Å². The molecule has 0 amide bonds. The van der Waals surface area contributed by atoms with Crippen molar-refractivity contribution in [2.75, 3.05) is 6.61 Å². The lowest BCUT2D eigenvalue weighted by Crippen LogP contribution is -2.45. The van der Waals surface area contributed by atoms with Gasteiger partial charge in [0.2, 0.25) is 0 Å². The molecule has 1 aromatic carbocycles. The number of aliphatic hydroxyl groups is 1. The van der Waals surface area contributed by atoms with E-state index in [2.05, 4.69) is 5.32 Å². The van der Waals surface area contributed by atoms with E-state index < -0.39 is 0 Å². The maximum atomic E-state index is 13.0. The average Bonchev–Trinajstić information content (AvgIpc) is 2.77. The molecule has 1 aliphatic carbocycles. The molecule has 0 spiro atoms. The second-order valence-corrected chi connectivity index (χ2v) is 5.07. The van der Waals surface area contributed by atoms with Crippen LogP contribution >= 0.6 is 0 Å². The van der Waals surface area contributed by atoms with E-state index in [1.165, 1.54) is 18.9 Å². The van der Waals surface area contributed by atoms with Crippen molar-refractivity contribution >= 4 is 0 Å². The highest BCUT2D eigenvalue weighted by molar-refractivity contribution is 5.26. The van der Waals surface area contributed by atoms with Crippen LogP contribution in [0.3, 0.4) is 0 Å². The molecular formula is C14H20FNO. The molecule has 2 rings (SSSR count). The average molecular weight is 237 g/mol. The number of nitrogens with one attached hydrogen (secondary N) is 1. The molecular weight excluding hydrogens is 217 g/mol. The summed E-state index contributed by atoms with van der Waals surface area (Å²) in [6.45, 7) is 2.81.